The average molecular weight is 274 g/mol. The first-order chi connectivity index (χ1) is 9.69. The van der Waals surface area contributed by atoms with Crippen molar-refractivity contribution in [3.05, 3.63) is 35.4 Å². The Balaban J connectivity index is 1.87. The van der Waals surface area contributed by atoms with E-state index in [2.05, 4.69) is 31.2 Å². The van der Waals surface area contributed by atoms with E-state index in [1.54, 1.807) is 0 Å². The zero-order valence-electron chi connectivity index (χ0n) is 12.5. The van der Waals surface area contributed by atoms with E-state index < -0.39 is 0 Å². The lowest BCUT2D eigenvalue weighted by atomic mass is 10.0. The number of rotatable bonds is 5. The molecule has 1 fully saturated rings. The van der Waals surface area contributed by atoms with Crippen LogP contribution in [0, 0.1) is 0 Å². The third-order valence-corrected chi connectivity index (χ3v) is 4.01. The summed E-state index contributed by atoms with van der Waals surface area (Å²) in [5, 5.41) is 0. The fourth-order valence-electron chi connectivity index (χ4n) is 2.73. The second-order valence-corrected chi connectivity index (χ2v) is 5.84. The molecule has 0 spiro atoms. The normalized spacial score (nSPS) is 19.1. The van der Waals surface area contributed by atoms with Crippen molar-refractivity contribution >= 4 is 5.91 Å². The number of carbonyl (C=O) groups excluding carboxylic acids is 1. The number of likely N-dealkylation sites (tertiary alicyclic amines) is 1. The number of amides is 1. The molecular weight excluding hydrogens is 248 g/mol. The van der Waals surface area contributed by atoms with Crippen LogP contribution in [0.3, 0.4) is 0 Å². The standard InChI is InChI=1S/C17H26N2O/c1-2-3-5-14-7-9-15(10-8-14)12-17(20)19-11-4-6-16(18)13-19/h7-10,16H,2-6,11-13,18H2,1H3. The Morgan fingerprint density at radius 1 is 1.30 bits per heavy atom. The first-order valence-electron chi connectivity index (χ1n) is 7.80. The molecule has 0 aromatic heterocycles. The summed E-state index contributed by atoms with van der Waals surface area (Å²) < 4.78 is 0. The Morgan fingerprint density at radius 3 is 2.65 bits per heavy atom. The second-order valence-electron chi connectivity index (χ2n) is 5.84. The summed E-state index contributed by atoms with van der Waals surface area (Å²) in [6.45, 7) is 3.78. The zero-order valence-corrected chi connectivity index (χ0v) is 12.5. The third-order valence-electron chi connectivity index (χ3n) is 4.01. The summed E-state index contributed by atoms with van der Waals surface area (Å²) in [5.41, 5.74) is 8.40. The summed E-state index contributed by atoms with van der Waals surface area (Å²) in [6.07, 6.45) is 6.14. The molecule has 0 aliphatic carbocycles. The van der Waals surface area contributed by atoms with E-state index in [0.29, 0.717) is 13.0 Å². The highest BCUT2D eigenvalue weighted by atomic mass is 16.2. The molecule has 1 aliphatic heterocycles. The number of hydrogen-bond donors (Lipinski definition) is 1. The Kier molecular flexibility index (Phi) is 5.60. The first kappa shape index (κ1) is 15.0. The van der Waals surface area contributed by atoms with Crippen LogP contribution in [0.2, 0.25) is 0 Å². The molecule has 1 amide bonds. The van der Waals surface area contributed by atoms with Crippen molar-refractivity contribution in [1.29, 1.82) is 0 Å². The zero-order chi connectivity index (χ0) is 14.4. The van der Waals surface area contributed by atoms with Crippen LogP contribution >= 0.6 is 0 Å². The maximum Gasteiger partial charge on any atom is 0.227 e. The highest BCUT2D eigenvalue weighted by Crippen LogP contribution is 2.12. The van der Waals surface area contributed by atoms with Gasteiger partial charge in [0.2, 0.25) is 5.91 Å². The molecule has 1 atom stereocenters. The molecule has 0 radical (unpaired) electrons. The highest BCUT2D eigenvalue weighted by molar-refractivity contribution is 5.78. The number of benzene rings is 1. The van der Waals surface area contributed by atoms with Crippen LogP contribution in [0.5, 0.6) is 0 Å². The van der Waals surface area contributed by atoms with Gasteiger partial charge in [-0.05, 0) is 36.8 Å². The minimum Gasteiger partial charge on any atom is -0.341 e. The van der Waals surface area contributed by atoms with E-state index in [-0.39, 0.29) is 11.9 Å². The molecule has 1 unspecified atom stereocenters. The monoisotopic (exact) mass is 274 g/mol. The van der Waals surface area contributed by atoms with Crippen molar-refractivity contribution in [1.82, 2.24) is 4.90 Å². The lowest BCUT2D eigenvalue weighted by Gasteiger charge is -2.30. The summed E-state index contributed by atoms with van der Waals surface area (Å²) in [6, 6.07) is 8.64. The van der Waals surface area contributed by atoms with Gasteiger partial charge in [-0.15, -0.1) is 0 Å². The minimum absolute atomic E-state index is 0.157. The number of aryl methyl sites for hydroxylation is 1. The van der Waals surface area contributed by atoms with Crippen molar-refractivity contribution in [2.45, 2.75) is 51.5 Å². The maximum atomic E-state index is 12.2. The molecule has 20 heavy (non-hydrogen) atoms. The molecule has 110 valence electrons. The molecule has 0 bridgehead atoms. The largest absolute Gasteiger partial charge is 0.341 e. The van der Waals surface area contributed by atoms with Crippen molar-refractivity contribution in [3.8, 4) is 0 Å². The Hall–Kier alpha value is -1.35. The van der Waals surface area contributed by atoms with E-state index in [4.69, 9.17) is 5.73 Å². The number of nitrogens with zero attached hydrogens (tertiary/aromatic N) is 1. The number of piperidine rings is 1. The molecule has 1 aromatic carbocycles. The van der Waals surface area contributed by atoms with Gasteiger partial charge in [0.25, 0.3) is 0 Å². The van der Waals surface area contributed by atoms with Gasteiger partial charge in [-0.25, -0.2) is 0 Å². The summed E-state index contributed by atoms with van der Waals surface area (Å²) in [7, 11) is 0. The summed E-state index contributed by atoms with van der Waals surface area (Å²) in [4.78, 5) is 14.2. The lowest BCUT2D eigenvalue weighted by molar-refractivity contribution is -0.131. The van der Waals surface area contributed by atoms with E-state index >= 15 is 0 Å². The van der Waals surface area contributed by atoms with Gasteiger partial charge in [0.05, 0.1) is 6.42 Å². The smallest absolute Gasteiger partial charge is 0.227 e. The van der Waals surface area contributed by atoms with Crippen LogP contribution in [-0.2, 0) is 17.6 Å². The van der Waals surface area contributed by atoms with Crippen molar-refractivity contribution in [3.63, 3.8) is 0 Å². The number of hydrogen-bond acceptors (Lipinski definition) is 2. The Morgan fingerprint density at radius 2 is 2.00 bits per heavy atom. The van der Waals surface area contributed by atoms with Crippen LogP contribution < -0.4 is 5.73 Å². The van der Waals surface area contributed by atoms with Crippen LogP contribution in [0.1, 0.15) is 43.7 Å². The molecule has 1 aliphatic rings. The van der Waals surface area contributed by atoms with Gasteiger partial charge in [-0.3, -0.25) is 4.79 Å². The quantitative estimate of drug-likeness (QED) is 0.897. The minimum atomic E-state index is 0.157. The van der Waals surface area contributed by atoms with Gasteiger partial charge in [0, 0.05) is 19.1 Å². The van der Waals surface area contributed by atoms with Crippen LogP contribution in [0.25, 0.3) is 0 Å². The van der Waals surface area contributed by atoms with Crippen molar-refractivity contribution in [2.75, 3.05) is 13.1 Å². The fourth-order valence-corrected chi connectivity index (χ4v) is 2.73. The predicted octanol–water partition coefficient (Wildman–Crippen LogP) is 2.52. The summed E-state index contributed by atoms with van der Waals surface area (Å²) >= 11 is 0. The van der Waals surface area contributed by atoms with E-state index in [9.17, 15) is 4.79 Å². The highest BCUT2D eigenvalue weighted by Gasteiger charge is 2.21. The molecular formula is C17H26N2O. The van der Waals surface area contributed by atoms with Gasteiger partial charge in [0.1, 0.15) is 0 Å². The summed E-state index contributed by atoms with van der Waals surface area (Å²) in [5.74, 6) is 0.210. The topological polar surface area (TPSA) is 46.3 Å². The van der Waals surface area contributed by atoms with Crippen molar-refractivity contribution < 1.29 is 4.79 Å². The molecule has 1 aromatic rings. The number of nitrogens with two attached hydrogens (primary N) is 1. The SMILES string of the molecule is CCCCc1ccc(CC(=O)N2CCCC(N)C2)cc1. The first-order valence-corrected chi connectivity index (χ1v) is 7.80. The third kappa shape index (κ3) is 4.34. The van der Waals surface area contributed by atoms with Crippen LogP contribution in [0.15, 0.2) is 24.3 Å². The van der Waals surface area contributed by atoms with Gasteiger partial charge < -0.3 is 10.6 Å². The second kappa shape index (κ2) is 7.44. The van der Waals surface area contributed by atoms with E-state index in [1.165, 1.54) is 18.4 Å². The maximum absolute atomic E-state index is 12.2. The van der Waals surface area contributed by atoms with E-state index in [1.807, 2.05) is 4.90 Å². The van der Waals surface area contributed by atoms with Crippen LogP contribution in [-0.4, -0.2) is 29.9 Å². The molecule has 0 saturated carbocycles. The lowest BCUT2D eigenvalue weighted by Crippen LogP contribution is -2.46. The van der Waals surface area contributed by atoms with E-state index in [0.717, 1.165) is 31.4 Å². The molecule has 3 nitrogen and oxygen atoms in total. The molecule has 3 heteroatoms. The number of unbranched alkanes of at least 4 members (excludes halogenated alkanes) is 1. The van der Waals surface area contributed by atoms with Gasteiger partial charge in [-0.1, -0.05) is 37.6 Å². The van der Waals surface area contributed by atoms with Crippen molar-refractivity contribution in [2.24, 2.45) is 5.73 Å². The predicted molar refractivity (Wildman–Crippen MR) is 82.5 cm³/mol. The van der Waals surface area contributed by atoms with Gasteiger partial charge in [-0.2, -0.15) is 0 Å². The van der Waals surface area contributed by atoms with Gasteiger partial charge >= 0.3 is 0 Å². The average Bonchev–Trinajstić information content (AvgIpc) is 2.46. The molecule has 1 heterocycles. The number of carbonyl (C=O) groups is 1. The van der Waals surface area contributed by atoms with Gasteiger partial charge in [0.15, 0.2) is 0 Å². The van der Waals surface area contributed by atoms with Crippen LogP contribution in [0.4, 0.5) is 0 Å². The fraction of sp³-hybridized carbons (Fsp3) is 0.588. The Bertz CT molecular complexity index is 427. The molecule has 2 N–H and O–H groups in total. The Labute approximate surface area is 122 Å². The molecule has 2 rings (SSSR count). The molecule has 1 saturated heterocycles.